The molecule has 4 nitrogen and oxygen atoms in total. The van der Waals surface area contributed by atoms with Gasteiger partial charge in [0, 0.05) is 6.54 Å². The van der Waals surface area contributed by atoms with Gasteiger partial charge in [0.2, 0.25) is 0 Å². The third-order valence-corrected chi connectivity index (χ3v) is 3.14. The fourth-order valence-electron chi connectivity index (χ4n) is 1.93. The highest BCUT2D eigenvalue weighted by Crippen LogP contribution is 2.27. The van der Waals surface area contributed by atoms with Crippen LogP contribution in [0.3, 0.4) is 0 Å². The summed E-state index contributed by atoms with van der Waals surface area (Å²) in [5, 5.41) is 0. The Kier molecular flexibility index (Phi) is 5.74. The molecule has 0 bridgehead atoms. The summed E-state index contributed by atoms with van der Waals surface area (Å²) >= 11 is 0. The monoisotopic (exact) mass is 305 g/mol. The number of ether oxygens (including phenoxy) is 2. The molecule has 21 heavy (non-hydrogen) atoms. The van der Waals surface area contributed by atoms with Crippen molar-refractivity contribution in [2.24, 2.45) is 5.73 Å². The average Bonchev–Trinajstić information content (AvgIpc) is 2.43. The lowest BCUT2D eigenvalue weighted by atomic mass is 9.81. The lowest BCUT2D eigenvalue weighted by molar-refractivity contribution is -0.181. The van der Waals surface area contributed by atoms with E-state index < -0.39 is 30.8 Å². The van der Waals surface area contributed by atoms with Gasteiger partial charge < -0.3 is 15.2 Å². The second-order valence-corrected chi connectivity index (χ2v) is 4.75. The third kappa shape index (κ3) is 4.44. The molecule has 1 unspecified atom stereocenters. The molecule has 1 aromatic rings. The molecule has 7 heteroatoms. The number of halogens is 3. The molecule has 0 spiro atoms. The number of alkyl halides is 3. The SMILES string of the molecule is COC(=O)C(CN)(COCC(F)(F)F)c1ccc(C)cc1. The first kappa shape index (κ1) is 17.5. The molecule has 0 heterocycles. The summed E-state index contributed by atoms with van der Waals surface area (Å²) in [6.07, 6.45) is -4.47. The molecular weight excluding hydrogens is 287 g/mol. The highest BCUT2D eigenvalue weighted by atomic mass is 19.4. The van der Waals surface area contributed by atoms with E-state index in [9.17, 15) is 18.0 Å². The standard InChI is InChI=1S/C14H18F3NO3/c1-10-3-5-11(6-4-10)13(7-18,12(19)20-2)8-21-9-14(15,16)17/h3-6H,7-9,18H2,1-2H3. The molecule has 0 aromatic heterocycles. The van der Waals surface area contributed by atoms with Crippen molar-refractivity contribution in [2.45, 2.75) is 18.5 Å². The number of nitrogens with two attached hydrogens (primary N) is 1. The maximum Gasteiger partial charge on any atom is 0.411 e. The molecule has 0 fully saturated rings. The van der Waals surface area contributed by atoms with Crippen molar-refractivity contribution in [3.05, 3.63) is 35.4 Å². The molecule has 0 amide bonds. The first-order valence-corrected chi connectivity index (χ1v) is 6.25. The molecule has 0 aliphatic rings. The largest absolute Gasteiger partial charge is 0.468 e. The number of hydrogen-bond donors (Lipinski definition) is 1. The van der Waals surface area contributed by atoms with E-state index in [4.69, 9.17) is 10.5 Å². The van der Waals surface area contributed by atoms with Crippen LogP contribution in [-0.2, 0) is 19.7 Å². The zero-order valence-electron chi connectivity index (χ0n) is 11.9. The fraction of sp³-hybridized carbons (Fsp3) is 0.500. The molecule has 118 valence electrons. The smallest absolute Gasteiger partial charge is 0.411 e. The van der Waals surface area contributed by atoms with E-state index in [1.807, 2.05) is 6.92 Å². The molecule has 0 aliphatic carbocycles. The normalized spacial score (nSPS) is 14.6. The van der Waals surface area contributed by atoms with Gasteiger partial charge in [-0.2, -0.15) is 13.2 Å². The van der Waals surface area contributed by atoms with Gasteiger partial charge in [0.25, 0.3) is 0 Å². The van der Waals surface area contributed by atoms with Crippen LogP contribution in [0.1, 0.15) is 11.1 Å². The maximum absolute atomic E-state index is 12.2. The topological polar surface area (TPSA) is 61.5 Å². The van der Waals surface area contributed by atoms with Crippen molar-refractivity contribution < 1.29 is 27.4 Å². The molecule has 1 aromatic carbocycles. The van der Waals surface area contributed by atoms with E-state index >= 15 is 0 Å². The molecule has 0 aliphatic heterocycles. The molecule has 0 saturated heterocycles. The predicted molar refractivity (Wildman–Crippen MR) is 70.8 cm³/mol. The first-order chi connectivity index (χ1) is 9.75. The van der Waals surface area contributed by atoms with Crippen LogP contribution < -0.4 is 5.73 Å². The van der Waals surface area contributed by atoms with E-state index in [0.29, 0.717) is 5.56 Å². The van der Waals surface area contributed by atoms with Gasteiger partial charge in [-0.25, -0.2) is 0 Å². The fourth-order valence-corrected chi connectivity index (χ4v) is 1.93. The van der Waals surface area contributed by atoms with E-state index in [-0.39, 0.29) is 6.54 Å². The highest BCUT2D eigenvalue weighted by molar-refractivity contribution is 5.83. The van der Waals surface area contributed by atoms with Crippen molar-refractivity contribution in [2.75, 3.05) is 26.9 Å². The predicted octanol–water partition coefficient (Wildman–Crippen LogP) is 1.94. The summed E-state index contributed by atoms with van der Waals surface area (Å²) in [4.78, 5) is 12.0. The summed E-state index contributed by atoms with van der Waals surface area (Å²) < 4.78 is 46.0. The van der Waals surface area contributed by atoms with Gasteiger partial charge in [0.05, 0.1) is 13.7 Å². The number of rotatable bonds is 6. The minimum absolute atomic E-state index is 0.222. The third-order valence-electron chi connectivity index (χ3n) is 3.14. The van der Waals surface area contributed by atoms with Gasteiger partial charge in [-0.15, -0.1) is 0 Å². The van der Waals surface area contributed by atoms with Gasteiger partial charge in [0.1, 0.15) is 12.0 Å². The van der Waals surface area contributed by atoms with Crippen LogP contribution in [0.25, 0.3) is 0 Å². The Morgan fingerprint density at radius 3 is 2.19 bits per heavy atom. The number of aryl methyl sites for hydroxylation is 1. The quantitative estimate of drug-likeness (QED) is 0.816. The van der Waals surface area contributed by atoms with Crippen LogP contribution in [0, 0.1) is 6.92 Å². The number of methoxy groups -OCH3 is 1. The van der Waals surface area contributed by atoms with E-state index in [2.05, 4.69) is 4.74 Å². The van der Waals surface area contributed by atoms with Crippen LogP contribution in [0.5, 0.6) is 0 Å². The van der Waals surface area contributed by atoms with Crippen molar-refractivity contribution >= 4 is 5.97 Å². The second-order valence-electron chi connectivity index (χ2n) is 4.75. The molecule has 0 radical (unpaired) electrons. The van der Waals surface area contributed by atoms with E-state index in [1.165, 1.54) is 0 Å². The number of hydrogen-bond acceptors (Lipinski definition) is 4. The van der Waals surface area contributed by atoms with Gasteiger partial charge in [-0.1, -0.05) is 29.8 Å². The van der Waals surface area contributed by atoms with E-state index in [0.717, 1.165) is 12.7 Å². The lowest BCUT2D eigenvalue weighted by Gasteiger charge is -2.30. The van der Waals surface area contributed by atoms with Crippen molar-refractivity contribution in [3.63, 3.8) is 0 Å². The van der Waals surface area contributed by atoms with Crippen LogP contribution in [0.4, 0.5) is 13.2 Å². The summed E-state index contributed by atoms with van der Waals surface area (Å²) in [6.45, 7) is -0.316. The Balaban J connectivity index is 3.04. The lowest BCUT2D eigenvalue weighted by Crippen LogP contribution is -2.48. The minimum Gasteiger partial charge on any atom is -0.468 e. The van der Waals surface area contributed by atoms with Crippen LogP contribution in [-0.4, -0.2) is 39.0 Å². The molecule has 1 atom stereocenters. The summed E-state index contributed by atoms with van der Waals surface area (Å²) in [5.41, 5.74) is 5.60. The minimum atomic E-state index is -4.47. The van der Waals surface area contributed by atoms with Gasteiger partial charge in [-0.05, 0) is 12.5 Å². The van der Waals surface area contributed by atoms with Crippen molar-refractivity contribution in [1.82, 2.24) is 0 Å². The number of carbonyl (C=O) groups excluding carboxylic acids is 1. The van der Waals surface area contributed by atoms with Crippen molar-refractivity contribution in [1.29, 1.82) is 0 Å². The van der Waals surface area contributed by atoms with Gasteiger partial charge >= 0.3 is 12.1 Å². The Morgan fingerprint density at radius 1 is 1.19 bits per heavy atom. The molecule has 1 rings (SSSR count). The van der Waals surface area contributed by atoms with Crippen LogP contribution in [0.2, 0.25) is 0 Å². The van der Waals surface area contributed by atoms with Crippen LogP contribution >= 0.6 is 0 Å². The van der Waals surface area contributed by atoms with Gasteiger partial charge in [-0.3, -0.25) is 4.79 Å². The molecule has 2 N–H and O–H groups in total. The Labute approximate surface area is 121 Å². The number of carbonyl (C=O) groups is 1. The number of esters is 1. The summed E-state index contributed by atoms with van der Waals surface area (Å²) in [6, 6.07) is 6.75. The average molecular weight is 305 g/mol. The first-order valence-electron chi connectivity index (χ1n) is 6.25. The zero-order chi connectivity index (χ0) is 16.1. The number of benzene rings is 1. The van der Waals surface area contributed by atoms with Gasteiger partial charge in [0.15, 0.2) is 0 Å². The maximum atomic E-state index is 12.2. The summed E-state index contributed by atoms with van der Waals surface area (Å²) in [7, 11) is 1.16. The van der Waals surface area contributed by atoms with Crippen LogP contribution in [0.15, 0.2) is 24.3 Å². The summed E-state index contributed by atoms with van der Waals surface area (Å²) in [5.74, 6) is -0.726. The van der Waals surface area contributed by atoms with E-state index in [1.54, 1.807) is 24.3 Å². The Bertz CT molecular complexity index is 473. The Morgan fingerprint density at radius 2 is 1.76 bits per heavy atom. The second kappa shape index (κ2) is 6.91. The highest BCUT2D eigenvalue weighted by Gasteiger charge is 2.42. The molecule has 0 saturated carbocycles. The molecular formula is C14H18F3NO3. The Hall–Kier alpha value is -1.60. The van der Waals surface area contributed by atoms with Crippen molar-refractivity contribution in [3.8, 4) is 0 Å². The zero-order valence-corrected chi connectivity index (χ0v) is 11.9.